The molecule has 4 bridgehead atoms. The number of piperidine rings is 1. The van der Waals surface area contributed by atoms with Crippen LogP contribution < -0.4 is 10.6 Å². The number of nitrogens with one attached hydrogen (secondary N) is 2. The number of urea groups is 1. The van der Waals surface area contributed by atoms with Crippen molar-refractivity contribution < 1.29 is 9.59 Å². The van der Waals surface area contributed by atoms with E-state index in [-0.39, 0.29) is 21.8 Å². The van der Waals surface area contributed by atoms with Crippen LogP contribution in [0.4, 0.5) is 4.79 Å². The van der Waals surface area contributed by atoms with Crippen molar-refractivity contribution in [3.63, 3.8) is 0 Å². The molecule has 3 amide bonds. The maximum atomic E-state index is 13.6. The van der Waals surface area contributed by atoms with Crippen LogP contribution in [0.3, 0.4) is 0 Å². The molecule has 5 aliphatic carbocycles. The molecule has 5 saturated carbocycles. The number of hydrogen-bond donors (Lipinski definition) is 2. The molecule has 1 saturated heterocycles. The fourth-order valence-electron chi connectivity index (χ4n) is 7.62. The maximum Gasteiger partial charge on any atom is 0.315 e. The van der Waals surface area contributed by atoms with Crippen molar-refractivity contribution in [2.75, 3.05) is 13.1 Å². The topological polar surface area (TPSA) is 61.4 Å². The highest BCUT2D eigenvalue weighted by Gasteiger charge is 2.60. The highest BCUT2D eigenvalue weighted by molar-refractivity contribution is 9.10. The number of nitrogens with zero attached hydrogens (tertiary/aromatic N) is 1. The van der Waals surface area contributed by atoms with Gasteiger partial charge in [-0.15, -0.1) is 0 Å². The summed E-state index contributed by atoms with van der Waals surface area (Å²) in [4.78, 5) is 28.1. The van der Waals surface area contributed by atoms with Crippen LogP contribution in [0.25, 0.3) is 0 Å². The molecule has 0 aromatic heterocycles. The quantitative estimate of drug-likeness (QED) is 0.608. The lowest BCUT2D eigenvalue weighted by atomic mass is 9.49. The lowest BCUT2D eigenvalue weighted by molar-refractivity contribution is -0.156. The van der Waals surface area contributed by atoms with Crippen molar-refractivity contribution in [3.05, 3.63) is 0 Å². The average molecular weight is 466 g/mol. The summed E-state index contributed by atoms with van der Waals surface area (Å²) in [5.74, 6) is 1.89. The largest absolute Gasteiger partial charge is 0.342 e. The Bertz CT molecular complexity index is 641. The molecule has 6 heteroatoms. The van der Waals surface area contributed by atoms with E-state index in [9.17, 15) is 9.59 Å². The number of alkyl halides is 1. The van der Waals surface area contributed by atoms with Crippen LogP contribution >= 0.6 is 15.9 Å². The van der Waals surface area contributed by atoms with Gasteiger partial charge in [-0.05, 0) is 76.0 Å². The molecule has 2 N–H and O–H groups in total. The van der Waals surface area contributed by atoms with Gasteiger partial charge in [0.15, 0.2) is 0 Å². The molecule has 6 fully saturated rings. The summed E-state index contributed by atoms with van der Waals surface area (Å²) in [6.07, 6.45) is 14.9. The minimum atomic E-state index is -0.105. The van der Waals surface area contributed by atoms with Crippen molar-refractivity contribution >= 4 is 27.9 Å². The molecule has 0 aromatic rings. The Balaban J connectivity index is 1.13. The number of carbonyl (C=O) groups excluding carboxylic acids is 2. The molecule has 0 radical (unpaired) electrons. The van der Waals surface area contributed by atoms with Crippen LogP contribution in [0.2, 0.25) is 0 Å². The zero-order valence-electron chi connectivity index (χ0n) is 17.6. The summed E-state index contributed by atoms with van der Waals surface area (Å²) in [7, 11) is 0. The molecule has 162 valence electrons. The summed E-state index contributed by atoms with van der Waals surface area (Å²) < 4.78 is 0.226. The highest BCUT2D eigenvalue weighted by atomic mass is 79.9. The Labute approximate surface area is 183 Å². The number of halogens is 1. The van der Waals surface area contributed by atoms with Crippen molar-refractivity contribution in [1.82, 2.24) is 15.5 Å². The van der Waals surface area contributed by atoms with Crippen LogP contribution in [0.5, 0.6) is 0 Å². The summed E-state index contributed by atoms with van der Waals surface area (Å²) in [6, 6.07) is 0.531. The average Bonchev–Trinajstić information content (AvgIpc) is 2.67. The molecule has 29 heavy (non-hydrogen) atoms. The van der Waals surface area contributed by atoms with Gasteiger partial charge >= 0.3 is 6.03 Å². The van der Waals surface area contributed by atoms with Crippen LogP contribution in [-0.4, -0.2) is 46.3 Å². The predicted octanol–water partition coefficient (Wildman–Crippen LogP) is 4.34. The molecule has 0 spiro atoms. The standard InChI is InChI=1S/C23H36BrN3O2/c24-23-13-16-10-17(14-23)12-22(11-16,15-23)20(28)27-8-6-19(7-9-27)26-21(29)25-18-4-2-1-3-5-18/h16-19H,1-15H2,(H2,25,26,29). The second-order valence-corrected chi connectivity index (χ2v) is 12.6. The molecule has 2 unspecified atom stereocenters. The lowest BCUT2D eigenvalue weighted by Gasteiger charge is -2.60. The Kier molecular flexibility index (Phi) is 5.36. The SMILES string of the molecule is O=C(NC1CCCCC1)NC1CCN(C(=O)C23CC4CC(CC(Br)(C4)C2)C3)CC1. The maximum absolute atomic E-state index is 13.6. The normalized spacial score (nSPS) is 40.1. The van der Waals surface area contributed by atoms with E-state index in [0.717, 1.165) is 69.9 Å². The van der Waals surface area contributed by atoms with Crippen molar-refractivity contribution in [3.8, 4) is 0 Å². The van der Waals surface area contributed by atoms with Gasteiger partial charge in [0.25, 0.3) is 0 Å². The molecule has 6 aliphatic rings. The minimum Gasteiger partial charge on any atom is -0.342 e. The molecular weight excluding hydrogens is 430 g/mol. The summed E-state index contributed by atoms with van der Waals surface area (Å²) in [5.41, 5.74) is -0.105. The number of hydrogen-bond acceptors (Lipinski definition) is 2. The van der Waals surface area contributed by atoms with E-state index in [1.165, 1.54) is 38.5 Å². The first-order valence-corrected chi connectivity index (χ1v) is 12.8. The third-order valence-corrected chi connectivity index (χ3v) is 9.43. The number of amides is 3. The van der Waals surface area contributed by atoms with Crippen molar-refractivity contribution in [2.45, 2.75) is 99.9 Å². The van der Waals surface area contributed by atoms with Crippen LogP contribution in [0, 0.1) is 17.3 Å². The predicted molar refractivity (Wildman–Crippen MR) is 117 cm³/mol. The van der Waals surface area contributed by atoms with Crippen molar-refractivity contribution in [2.24, 2.45) is 17.3 Å². The molecule has 6 rings (SSSR count). The van der Waals surface area contributed by atoms with E-state index in [1.54, 1.807) is 0 Å². The van der Waals surface area contributed by atoms with Gasteiger partial charge in [0.2, 0.25) is 5.91 Å². The van der Waals surface area contributed by atoms with E-state index < -0.39 is 0 Å². The molecular formula is C23H36BrN3O2. The summed E-state index contributed by atoms with van der Waals surface area (Å²) in [5, 5.41) is 6.33. The summed E-state index contributed by atoms with van der Waals surface area (Å²) >= 11 is 4.04. The first kappa shape index (κ1) is 20.1. The van der Waals surface area contributed by atoms with E-state index in [0.29, 0.717) is 11.9 Å². The smallest absolute Gasteiger partial charge is 0.315 e. The number of rotatable bonds is 3. The zero-order chi connectivity index (χ0) is 20.1. The van der Waals surface area contributed by atoms with Gasteiger partial charge in [-0.3, -0.25) is 4.79 Å². The van der Waals surface area contributed by atoms with Gasteiger partial charge in [-0.25, -0.2) is 4.79 Å². The van der Waals surface area contributed by atoms with Gasteiger partial charge in [0, 0.05) is 29.5 Å². The van der Waals surface area contributed by atoms with Crippen molar-refractivity contribution in [1.29, 1.82) is 0 Å². The number of carbonyl (C=O) groups is 2. The Hall–Kier alpha value is -0.780. The first-order valence-electron chi connectivity index (χ1n) is 12.0. The molecule has 1 heterocycles. The van der Waals surface area contributed by atoms with E-state index in [4.69, 9.17) is 0 Å². The zero-order valence-corrected chi connectivity index (χ0v) is 19.1. The fraction of sp³-hybridized carbons (Fsp3) is 0.913. The van der Waals surface area contributed by atoms with Gasteiger partial charge in [0.1, 0.15) is 0 Å². The number of likely N-dealkylation sites (tertiary alicyclic amines) is 1. The highest BCUT2D eigenvalue weighted by Crippen LogP contribution is 2.64. The van der Waals surface area contributed by atoms with Gasteiger partial charge in [0.05, 0.1) is 5.41 Å². The van der Waals surface area contributed by atoms with Crippen LogP contribution in [-0.2, 0) is 4.79 Å². The Morgan fingerprint density at radius 3 is 2.00 bits per heavy atom. The van der Waals surface area contributed by atoms with E-state index in [2.05, 4.69) is 31.5 Å². The lowest BCUT2D eigenvalue weighted by Crippen LogP contribution is -2.60. The third-order valence-electron chi connectivity index (χ3n) is 8.50. The van der Waals surface area contributed by atoms with Gasteiger partial charge < -0.3 is 15.5 Å². The minimum absolute atomic E-state index is 0.0102. The van der Waals surface area contributed by atoms with E-state index in [1.807, 2.05) is 0 Å². The second-order valence-electron chi connectivity index (χ2n) is 10.9. The molecule has 0 aromatic carbocycles. The van der Waals surface area contributed by atoms with Crippen LogP contribution in [0.1, 0.15) is 83.5 Å². The van der Waals surface area contributed by atoms with E-state index >= 15 is 0 Å². The van der Waals surface area contributed by atoms with Crippen LogP contribution in [0.15, 0.2) is 0 Å². The summed E-state index contributed by atoms with van der Waals surface area (Å²) in [6.45, 7) is 1.58. The third kappa shape index (κ3) is 4.07. The first-order chi connectivity index (χ1) is 13.9. The fourth-order valence-corrected chi connectivity index (χ4v) is 9.08. The van der Waals surface area contributed by atoms with Gasteiger partial charge in [-0.2, -0.15) is 0 Å². The molecule has 2 atom stereocenters. The molecule has 1 aliphatic heterocycles. The second kappa shape index (κ2) is 7.72. The monoisotopic (exact) mass is 465 g/mol. The Morgan fingerprint density at radius 1 is 0.828 bits per heavy atom. The molecule has 5 nitrogen and oxygen atoms in total. The van der Waals surface area contributed by atoms with Gasteiger partial charge in [-0.1, -0.05) is 35.2 Å². The Morgan fingerprint density at radius 2 is 1.41 bits per heavy atom.